The summed E-state index contributed by atoms with van der Waals surface area (Å²) >= 11 is 0. The first-order valence-electron chi connectivity index (χ1n) is 8.48. The SMILES string of the molecule is CC(C)CNC(=O)NC(=O)COC(=O)CN1C(=O)c2cccc([N+](=O)[O-])c2C1=O. The first-order valence-corrected chi connectivity index (χ1v) is 8.48. The number of fused-ring (bicyclic) bond motifs is 1. The van der Waals surface area contributed by atoms with Crippen LogP contribution >= 0.6 is 0 Å². The van der Waals surface area contributed by atoms with Crippen molar-refractivity contribution in [3.8, 4) is 0 Å². The number of nitro groups is 1. The van der Waals surface area contributed by atoms with Crippen LogP contribution in [0.5, 0.6) is 0 Å². The van der Waals surface area contributed by atoms with Gasteiger partial charge in [0.1, 0.15) is 12.1 Å². The highest BCUT2D eigenvalue weighted by Crippen LogP contribution is 2.30. The van der Waals surface area contributed by atoms with Gasteiger partial charge < -0.3 is 10.1 Å². The van der Waals surface area contributed by atoms with Crippen LogP contribution in [0.1, 0.15) is 34.6 Å². The lowest BCUT2D eigenvalue weighted by Crippen LogP contribution is -2.43. The molecular weight excluding hydrogens is 388 g/mol. The second-order valence-corrected chi connectivity index (χ2v) is 6.47. The molecule has 0 spiro atoms. The number of nitro benzene ring substituents is 1. The molecule has 1 aliphatic rings. The van der Waals surface area contributed by atoms with Gasteiger partial charge in [0.2, 0.25) is 0 Å². The number of esters is 1. The number of ether oxygens (including phenoxy) is 1. The van der Waals surface area contributed by atoms with Crippen molar-refractivity contribution in [1.82, 2.24) is 15.5 Å². The summed E-state index contributed by atoms with van der Waals surface area (Å²) in [5.41, 5.74) is -1.16. The van der Waals surface area contributed by atoms with Gasteiger partial charge >= 0.3 is 12.0 Å². The van der Waals surface area contributed by atoms with Crippen LogP contribution in [0, 0.1) is 16.0 Å². The zero-order valence-electron chi connectivity index (χ0n) is 15.6. The van der Waals surface area contributed by atoms with Gasteiger partial charge in [-0.1, -0.05) is 19.9 Å². The Morgan fingerprint density at radius 3 is 2.52 bits per heavy atom. The molecule has 29 heavy (non-hydrogen) atoms. The van der Waals surface area contributed by atoms with Crippen molar-refractivity contribution in [2.24, 2.45) is 5.92 Å². The Balaban J connectivity index is 1.91. The molecule has 0 fully saturated rings. The minimum atomic E-state index is -1.10. The largest absolute Gasteiger partial charge is 0.454 e. The number of rotatable bonds is 7. The molecule has 0 atom stereocenters. The Labute approximate surface area is 164 Å². The van der Waals surface area contributed by atoms with E-state index < -0.39 is 59.0 Å². The number of urea groups is 1. The van der Waals surface area contributed by atoms with E-state index in [0.29, 0.717) is 11.4 Å². The molecule has 0 bridgehead atoms. The van der Waals surface area contributed by atoms with Gasteiger partial charge in [0.25, 0.3) is 23.4 Å². The van der Waals surface area contributed by atoms with Gasteiger partial charge in [-0.2, -0.15) is 0 Å². The Morgan fingerprint density at radius 1 is 1.21 bits per heavy atom. The van der Waals surface area contributed by atoms with E-state index >= 15 is 0 Å². The standard InChI is InChI=1S/C17H18N4O8/c1-9(2)6-18-17(26)19-12(22)8-29-13(23)7-20-15(24)10-4-3-5-11(21(27)28)14(10)16(20)25/h3-5,9H,6-8H2,1-2H3,(H2,18,19,22,26). The summed E-state index contributed by atoms with van der Waals surface area (Å²) in [6.45, 7) is 2.41. The Kier molecular flexibility index (Phi) is 6.59. The fourth-order valence-corrected chi connectivity index (χ4v) is 2.44. The smallest absolute Gasteiger partial charge is 0.326 e. The highest BCUT2D eigenvalue weighted by Gasteiger charge is 2.41. The maximum Gasteiger partial charge on any atom is 0.326 e. The third kappa shape index (κ3) is 5.12. The molecular formula is C17H18N4O8. The molecule has 154 valence electrons. The topological polar surface area (TPSA) is 165 Å². The summed E-state index contributed by atoms with van der Waals surface area (Å²) in [5, 5.41) is 15.4. The molecule has 1 aliphatic heterocycles. The molecule has 1 heterocycles. The van der Waals surface area contributed by atoms with E-state index in [2.05, 4.69) is 10.1 Å². The average Bonchev–Trinajstić information content (AvgIpc) is 2.89. The summed E-state index contributed by atoms with van der Waals surface area (Å²) in [7, 11) is 0. The van der Waals surface area contributed by atoms with E-state index in [1.54, 1.807) is 0 Å². The molecule has 12 heteroatoms. The van der Waals surface area contributed by atoms with Gasteiger partial charge in [0.05, 0.1) is 10.5 Å². The maximum absolute atomic E-state index is 12.3. The Morgan fingerprint density at radius 2 is 1.90 bits per heavy atom. The number of imide groups is 2. The van der Waals surface area contributed by atoms with E-state index in [0.717, 1.165) is 6.07 Å². The van der Waals surface area contributed by atoms with Crippen LogP contribution in [0.15, 0.2) is 18.2 Å². The number of hydrogen-bond acceptors (Lipinski definition) is 8. The lowest BCUT2D eigenvalue weighted by atomic mass is 10.1. The number of hydrogen-bond donors (Lipinski definition) is 2. The van der Waals surface area contributed by atoms with Gasteiger partial charge in [-0.05, 0) is 12.0 Å². The van der Waals surface area contributed by atoms with Crippen molar-refractivity contribution in [2.45, 2.75) is 13.8 Å². The molecule has 0 saturated heterocycles. The molecule has 0 unspecified atom stereocenters. The summed E-state index contributed by atoms with van der Waals surface area (Å²) in [6.07, 6.45) is 0. The average molecular weight is 406 g/mol. The van der Waals surface area contributed by atoms with Crippen molar-refractivity contribution < 1.29 is 33.6 Å². The van der Waals surface area contributed by atoms with Gasteiger partial charge in [0, 0.05) is 12.6 Å². The zero-order valence-corrected chi connectivity index (χ0v) is 15.6. The molecule has 1 aromatic rings. The highest BCUT2D eigenvalue weighted by atomic mass is 16.6. The van der Waals surface area contributed by atoms with Crippen LogP contribution in [-0.4, -0.2) is 59.2 Å². The van der Waals surface area contributed by atoms with E-state index in [1.807, 2.05) is 19.2 Å². The first kappa shape index (κ1) is 21.5. The molecule has 0 radical (unpaired) electrons. The number of nitrogens with one attached hydrogen (secondary N) is 2. The molecule has 12 nitrogen and oxygen atoms in total. The van der Waals surface area contributed by atoms with Crippen molar-refractivity contribution in [2.75, 3.05) is 19.7 Å². The van der Waals surface area contributed by atoms with E-state index in [4.69, 9.17) is 0 Å². The van der Waals surface area contributed by atoms with Gasteiger partial charge in [0.15, 0.2) is 6.61 Å². The predicted octanol–water partition coefficient (Wildman–Crippen LogP) is 0.216. The van der Waals surface area contributed by atoms with Crippen LogP contribution in [0.3, 0.4) is 0 Å². The minimum Gasteiger partial charge on any atom is -0.454 e. The van der Waals surface area contributed by atoms with E-state index in [9.17, 15) is 34.1 Å². The van der Waals surface area contributed by atoms with E-state index in [1.165, 1.54) is 12.1 Å². The first-order chi connectivity index (χ1) is 13.6. The highest BCUT2D eigenvalue weighted by molar-refractivity contribution is 6.24. The van der Waals surface area contributed by atoms with Crippen molar-refractivity contribution >= 4 is 35.4 Å². The van der Waals surface area contributed by atoms with Gasteiger partial charge in [-0.3, -0.25) is 39.5 Å². The van der Waals surface area contributed by atoms with Crippen molar-refractivity contribution in [1.29, 1.82) is 0 Å². The fourth-order valence-electron chi connectivity index (χ4n) is 2.44. The Hall–Kier alpha value is -3.83. The lowest BCUT2D eigenvalue weighted by molar-refractivity contribution is -0.385. The minimum absolute atomic E-state index is 0.171. The zero-order chi connectivity index (χ0) is 21.7. The van der Waals surface area contributed by atoms with Crippen molar-refractivity contribution in [3.63, 3.8) is 0 Å². The summed E-state index contributed by atoms with van der Waals surface area (Å²) < 4.78 is 4.65. The number of amides is 5. The second-order valence-electron chi connectivity index (χ2n) is 6.47. The summed E-state index contributed by atoms with van der Waals surface area (Å²) in [5.74, 6) is -3.73. The molecule has 0 aliphatic carbocycles. The van der Waals surface area contributed by atoms with Crippen LogP contribution in [-0.2, 0) is 14.3 Å². The number of benzene rings is 1. The number of nitrogens with zero attached hydrogens (tertiary/aromatic N) is 2. The molecule has 2 rings (SSSR count). The van der Waals surface area contributed by atoms with Crippen LogP contribution in [0.25, 0.3) is 0 Å². The maximum atomic E-state index is 12.3. The summed E-state index contributed by atoms with van der Waals surface area (Å²) in [4.78, 5) is 70.3. The summed E-state index contributed by atoms with van der Waals surface area (Å²) in [6, 6.07) is 2.79. The van der Waals surface area contributed by atoms with Crippen LogP contribution in [0.4, 0.5) is 10.5 Å². The molecule has 0 saturated carbocycles. The predicted molar refractivity (Wildman–Crippen MR) is 95.8 cm³/mol. The number of carbonyl (C=O) groups is 5. The quantitative estimate of drug-likeness (QED) is 0.281. The third-order valence-electron chi connectivity index (χ3n) is 3.75. The number of carbonyl (C=O) groups excluding carboxylic acids is 5. The second kappa shape index (κ2) is 8.91. The van der Waals surface area contributed by atoms with Gasteiger partial charge in [-0.25, -0.2) is 4.79 Å². The van der Waals surface area contributed by atoms with Gasteiger partial charge in [-0.15, -0.1) is 0 Å². The normalized spacial score (nSPS) is 12.6. The van der Waals surface area contributed by atoms with Crippen LogP contribution < -0.4 is 10.6 Å². The van der Waals surface area contributed by atoms with Crippen molar-refractivity contribution in [3.05, 3.63) is 39.4 Å². The molecule has 5 amide bonds. The Bertz CT molecular complexity index is 895. The lowest BCUT2D eigenvalue weighted by Gasteiger charge is -2.13. The monoisotopic (exact) mass is 406 g/mol. The molecule has 2 N–H and O–H groups in total. The fraction of sp³-hybridized carbons (Fsp3) is 0.353. The van der Waals surface area contributed by atoms with E-state index in [-0.39, 0.29) is 11.5 Å². The van der Waals surface area contributed by atoms with Crippen LogP contribution in [0.2, 0.25) is 0 Å². The molecule has 1 aromatic carbocycles. The third-order valence-corrected chi connectivity index (χ3v) is 3.75. The molecule has 0 aromatic heterocycles.